The molecule has 0 heterocycles. The molecule has 0 saturated carbocycles. The number of phenolic OH excluding ortho intramolecular Hbond substituents is 2. The van der Waals surface area contributed by atoms with E-state index in [1.807, 2.05) is 107 Å². The van der Waals surface area contributed by atoms with Gasteiger partial charge in [0, 0.05) is 34.4 Å². The molecule has 0 aliphatic rings. The molecule has 218 valence electrons. The van der Waals surface area contributed by atoms with Crippen LogP contribution in [0.3, 0.4) is 0 Å². The van der Waals surface area contributed by atoms with Crippen LogP contribution in [-0.4, -0.2) is 22.0 Å². The molecule has 40 heavy (non-hydrogen) atoms. The predicted molar refractivity (Wildman–Crippen MR) is 165 cm³/mol. The number of carbonyl (C=O) groups excluding carboxylic acids is 2. The Bertz CT molecular complexity index is 1150. The first-order chi connectivity index (χ1) is 18.0. The minimum atomic E-state index is -0.487. The molecule has 2 amide bonds. The first kappa shape index (κ1) is 32.7. The third kappa shape index (κ3) is 8.48. The quantitative estimate of drug-likeness (QED) is 0.241. The van der Waals surface area contributed by atoms with E-state index in [0.29, 0.717) is 0 Å². The van der Waals surface area contributed by atoms with Gasteiger partial charge in [-0.3, -0.25) is 20.4 Å². The lowest BCUT2D eigenvalue weighted by Crippen LogP contribution is -2.39. The Kier molecular flexibility index (Phi) is 9.41. The van der Waals surface area contributed by atoms with Crippen LogP contribution in [0.4, 0.5) is 0 Å². The minimum Gasteiger partial charge on any atom is -0.507 e. The van der Waals surface area contributed by atoms with Gasteiger partial charge in [0.1, 0.15) is 11.5 Å². The lowest BCUT2D eigenvalue weighted by Gasteiger charge is -2.28. The van der Waals surface area contributed by atoms with E-state index in [1.54, 1.807) is 12.2 Å². The van der Waals surface area contributed by atoms with E-state index in [-0.39, 0.29) is 33.2 Å². The second kappa shape index (κ2) is 11.5. The van der Waals surface area contributed by atoms with Crippen molar-refractivity contribution in [2.45, 2.75) is 105 Å². The van der Waals surface area contributed by atoms with Crippen molar-refractivity contribution in [3.63, 3.8) is 0 Å². The second-order valence-corrected chi connectivity index (χ2v) is 14.6. The molecule has 0 spiro atoms. The number of carbonyl (C=O) groups is 2. The molecule has 0 bridgehead atoms. The van der Waals surface area contributed by atoms with Crippen molar-refractivity contribution in [1.82, 2.24) is 10.9 Å². The number of hydrogen-bond acceptors (Lipinski definition) is 4. The van der Waals surface area contributed by atoms with Crippen LogP contribution in [0.5, 0.6) is 11.5 Å². The molecule has 6 heteroatoms. The highest BCUT2D eigenvalue weighted by molar-refractivity contribution is 5.96. The second-order valence-electron chi connectivity index (χ2n) is 14.6. The summed E-state index contributed by atoms with van der Waals surface area (Å²) in [4.78, 5) is 24.9. The van der Waals surface area contributed by atoms with Crippen molar-refractivity contribution in [2.24, 2.45) is 0 Å². The predicted octanol–water partition coefficient (Wildman–Crippen LogP) is 7.16. The van der Waals surface area contributed by atoms with Gasteiger partial charge in [-0.25, -0.2) is 0 Å². The van der Waals surface area contributed by atoms with Crippen LogP contribution >= 0.6 is 0 Å². The van der Waals surface area contributed by atoms with Gasteiger partial charge < -0.3 is 10.2 Å². The van der Waals surface area contributed by atoms with E-state index in [1.165, 1.54) is 12.2 Å². The van der Waals surface area contributed by atoms with Gasteiger partial charge in [0.15, 0.2) is 0 Å². The fourth-order valence-electron chi connectivity index (χ4n) is 4.34. The molecule has 4 N–H and O–H groups in total. The van der Waals surface area contributed by atoms with E-state index in [2.05, 4.69) is 10.9 Å². The molecule has 2 aromatic carbocycles. The Hall–Kier alpha value is -3.54. The third-order valence-electron chi connectivity index (χ3n) is 6.66. The lowest BCUT2D eigenvalue weighted by molar-refractivity contribution is -0.123. The number of rotatable bonds is 4. The molecule has 0 saturated heterocycles. The van der Waals surface area contributed by atoms with Crippen molar-refractivity contribution in [3.8, 4) is 11.5 Å². The summed E-state index contributed by atoms with van der Waals surface area (Å²) in [5, 5.41) is 21.8. The van der Waals surface area contributed by atoms with Gasteiger partial charge >= 0.3 is 0 Å². The molecule has 6 nitrogen and oxygen atoms in total. The SMILES string of the molecule is CC(C)(C)c1cc(C=CC(=O)NNC(=O)C=Cc2cc(C(C)(C)C)c(O)c(C(C)(C)C)c2)cc(C(C)(C)C)c1O. The number of nitrogens with one attached hydrogen (secondary N) is 2. The Morgan fingerprint density at radius 2 is 0.750 bits per heavy atom. The summed E-state index contributed by atoms with van der Waals surface area (Å²) >= 11 is 0. The minimum absolute atomic E-state index is 0.276. The zero-order valence-electron chi connectivity index (χ0n) is 26.3. The van der Waals surface area contributed by atoms with Crippen molar-refractivity contribution in [3.05, 3.63) is 69.8 Å². The maximum atomic E-state index is 12.5. The molecule has 0 aliphatic carbocycles. The number of benzene rings is 2. The van der Waals surface area contributed by atoms with Crippen LogP contribution in [0, 0.1) is 0 Å². The van der Waals surface area contributed by atoms with Gasteiger partial charge in [0.25, 0.3) is 11.8 Å². The molecular formula is C34H48N2O4. The summed E-state index contributed by atoms with van der Waals surface area (Å²) in [7, 11) is 0. The average Bonchev–Trinajstić information content (AvgIpc) is 2.78. The van der Waals surface area contributed by atoms with Crippen molar-refractivity contribution < 1.29 is 19.8 Å². The van der Waals surface area contributed by atoms with E-state index < -0.39 is 11.8 Å². The van der Waals surface area contributed by atoms with Crippen LogP contribution in [0.15, 0.2) is 36.4 Å². The Morgan fingerprint density at radius 1 is 0.525 bits per heavy atom. The summed E-state index contributed by atoms with van der Waals surface area (Å²) in [5.41, 5.74) is 8.46. The monoisotopic (exact) mass is 548 g/mol. The molecule has 0 aliphatic heterocycles. The molecular weight excluding hydrogens is 500 g/mol. The van der Waals surface area contributed by atoms with Crippen molar-refractivity contribution in [1.29, 1.82) is 0 Å². The number of hydrogen-bond donors (Lipinski definition) is 4. The van der Waals surface area contributed by atoms with Crippen molar-refractivity contribution >= 4 is 24.0 Å². The molecule has 2 rings (SSSR count). The third-order valence-corrected chi connectivity index (χ3v) is 6.66. The number of aromatic hydroxyl groups is 2. The first-order valence-corrected chi connectivity index (χ1v) is 13.7. The van der Waals surface area contributed by atoms with Gasteiger partial charge in [0.05, 0.1) is 0 Å². The lowest BCUT2D eigenvalue weighted by atomic mass is 9.78. The molecule has 2 aromatic rings. The molecule has 0 unspecified atom stereocenters. The number of hydrazine groups is 1. The molecule has 0 radical (unpaired) electrons. The summed E-state index contributed by atoms with van der Waals surface area (Å²) in [6.45, 7) is 24.4. The van der Waals surface area contributed by atoms with Gasteiger partial charge in [-0.15, -0.1) is 0 Å². The smallest absolute Gasteiger partial charge is 0.262 e. The Morgan fingerprint density at radius 3 is 0.950 bits per heavy atom. The fraction of sp³-hybridized carbons (Fsp3) is 0.471. The van der Waals surface area contributed by atoms with Crippen molar-refractivity contribution in [2.75, 3.05) is 0 Å². The average molecular weight is 549 g/mol. The fourth-order valence-corrected chi connectivity index (χ4v) is 4.34. The summed E-state index contributed by atoms with van der Waals surface area (Å²) in [6, 6.07) is 7.52. The highest BCUT2D eigenvalue weighted by Crippen LogP contribution is 2.41. The maximum Gasteiger partial charge on any atom is 0.262 e. The standard InChI is InChI=1S/C34H48N2O4/c1-31(2,3)23-17-21(18-24(29(23)39)32(4,5)6)13-15-27(37)35-36-28(38)16-14-22-19-25(33(7,8)9)30(40)26(20-22)34(10,11)12/h13-20,39-40H,1-12H3,(H,35,37)(H,36,38). The van der Waals surface area contributed by atoms with E-state index >= 15 is 0 Å². The normalized spacial score (nSPS) is 13.2. The van der Waals surface area contributed by atoms with E-state index in [0.717, 1.165) is 33.4 Å². The highest BCUT2D eigenvalue weighted by atomic mass is 16.3. The van der Waals surface area contributed by atoms with E-state index in [9.17, 15) is 19.8 Å². The maximum absolute atomic E-state index is 12.5. The van der Waals surface area contributed by atoms with Crippen LogP contribution in [0.2, 0.25) is 0 Å². The van der Waals surface area contributed by atoms with Crippen LogP contribution < -0.4 is 10.9 Å². The first-order valence-electron chi connectivity index (χ1n) is 13.7. The summed E-state index contributed by atoms with van der Waals surface area (Å²) in [6.07, 6.45) is 6.03. The Labute approximate surface area is 240 Å². The Balaban J connectivity index is 2.19. The van der Waals surface area contributed by atoms with Gasteiger partial charge in [-0.05, 0) is 69.2 Å². The summed E-state index contributed by atoms with van der Waals surface area (Å²) in [5.74, 6) is -0.421. The van der Waals surface area contributed by atoms with E-state index in [4.69, 9.17) is 0 Å². The molecule has 0 fully saturated rings. The molecule has 0 atom stereocenters. The zero-order chi connectivity index (χ0) is 30.8. The zero-order valence-corrected chi connectivity index (χ0v) is 26.3. The van der Waals surface area contributed by atoms with Gasteiger partial charge in [0.2, 0.25) is 0 Å². The molecule has 0 aromatic heterocycles. The highest BCUT2D eigenvalue weighted by Gasteiger charge is 2.27. The van der Waals surface area contributed by atoms with Gasteiger partial charge in [-0.2, -0.15) is 0 Å². The van der Waals surface area contributed by atoms with Crippen LogP contribution in [0.25, 0.3) is 12.2 Å². The van der Waals surface area contributed by atoms with Crippen LogP contribution in [-0.2, 0) is 31.2 Å². The van der Waals surface area contributed by atoms with Gasteiger partial charge in [-0.1, -0.05) is 83.1 Å². The number of amides is 2. The topological polar surface area (TPSA) is 98.7 Å². The summed E-state index contributed by atoms with van der Waals surface area (Å²) < 4.78 is 0. The largest absolute Gasteiger partial charge is 0.507 e. The van der Waals surface area contributed by atoms with Crippen LogP contribution in [0.1, 0.15) is 116 Å². The number of phenols is 2.